The van der Waals surface area contributed by atoms with Crippen LogP contribution in [0, 0.1) is 11.6 Å². The molecule has 0 amide bonds. The van der Waals surface area contributed by atoms with E-state index in [-0.39, 0.29) is 5.75 Å². The summed E-state index contributed by atoms with van der Waals surface area (Å²) in [5, 5.41) is 0.525. The third-order valence-corrected chi connectivity index (χ3v) is 3.06. The van der Waals surface area contributed by atoms with Crippen LogP contribution in [0.2, 0.25) is 5.02 Å². The molecule has 0 aliphatic heterocycles. The fourth-order valence-corrected chi connectivity index (χ4v) is 2.07. The minimum absolute atomic E-state index is 0.174. The molecule has 2 aromatic rings. The van der Waals surface area contributed by atoms with Crippen molar-refractivity contribution in [2.75, 3.05) is 0 Å². The fourth-order valence-electron chi connectivity index (χ4n) is 1.87. The normalized spacial score (nSPS) is 13.8. The molecule has 0 fully saturated rings. The Kier molecular flexibility index (Phi) is 4.57. The van der Waals surface area contributed by atoms with Gasteiger partial charge in [-0.1, -0.05) is 29.8 Å². The summed E-state index contributed by atoms with van der Waals surface area (Å²) in [6, 6.07) is 10.3. The number of benzene rings is 2. The molecule has 2 atom stereocenters. The molecule has 0 aromatic heterocycles. The Bertz CT molecular complexity index is 604. The Morgan fingerprint density at radius 3 is 2.50 bits per heavy atom. The highest BCUT2D eigenvalue weighted by Crippen LogP contribution is 2.28. The predicted octanol–water partition coefficient (Wildman–Crippen LogP) is 4.09. The standard InChI is InChI=1S/C15H14ClF2NO/c1-9(19)15(10-4-2-5-11(16)8-10)20-13-7-3-6-12(17)14(13)18/h2-9,15H,19H2,1H3. The number of nitrogens with two attached hydrogens (primary N) is 1. The SMILES string of the molecule is CC(N)C(Oc1cccc(F)c1F)c1cccc(Cl)c1. The van der Waals surface area contributed by atoms with E-state index >= 15 is 0 Å². The predicted molar refractivity (Wildman–Crippen MR) is 74.8 cm³/mol. The minimum atomic E-state index is -1.03. The maximum atomic E-state index is 13.7. The van der Waals surface area contributed by atoms with Crippen LogP contribution in [0.3, 0.4) is 0 Å². The van der Waals surface area contributed by atoms with Gasteiger partial charge in [0, 0.05) is 11.1 Å². The third-order valence-electron chi connectivity index (χ3n) is 2.82. The maximum absolute atomic E-state index is 13.7. The van der Waals surface area contributed by atoms with Crippen molar-refractivity contribution in [2.24, 2.45) is 5.73 Å². The molecular formula is C15H14ClF2NO. The zero-order valence-electron chi connectivity index (χ0n) is 10.8. The lowest BCUT2D eigenvalue weighted by Crippen LogP contribution is -2.29. The molecule has 0 bridgehead atoms. The molecule has 2 rings (SSSR count). The lowest BCUT2D eigenvalue weighted by molar-refractivity contribution is 0.170. The van der Waals surface area contributed by atoms with Crippen LogP contribution in [-0.4, -0.2) is 6.04 Å². The lowest BCUT2D eigenvalue weighted by Gasteiger charge is -2.23. The number of hydrogen-bond donors (Lipinski definition) is 1. The second-order valence-corrected chi connectivity index (χ2v) is 4.94. The molecule has 2 aromatic carbocycles. The molecule has 2 nitrogen and oxygen atoms in total. The summed E-state index contributed by atoms with van der Waals surface area (Å²) in [6.45, 7) is 1.72. The van der Waals surface area contributed by atoms with Crippen LogP contribution in [0.5, 0.6) is 5.75 Å². The zero-order chi connectivity index (χ0) is 14.7. The van der Waals surface area contributed by atoms with E-state index < -0.39 is 23.8 Å². The molecule has 0 saturated carbocycles. The summed E-state index contributed by atoms with van der Waals surface area (Å²) in [7, 11) is 0. The van der Waals surface area contributed by atoms with Gasteiger partial charge in [0.05, 0.1) is 0 Å². The van der Waals surface area contributed by atoms with Crippen LogP contribution in [0.25, 0.3) is 0 Å². The van der Waals surface area contributed by atoms with Crippen molar-refractivity contribution in [1.82, 2.24) is 0 Å². The van der Waals surface area contributed by atoms with E-state index in [2.05, 4.69) is 0 Å². The first kappa shape index (κ1) is 14.8. The molecule has 0 saturated heterocycles. The monoisotopic (exact) mass is 297 g/mol. The first-order valence-corrected chi connectivity index (χ1v) is 6.48. The highest BCUT2D eigenvalue weighted by molar-refractivity contribution is 6.30. The van der Waals surface area contributed by atoms with Crippen LogP contribution < -0.4 is 10.5 Å². The van der Waals surface area contributed by atoms with Crippen molar-refractivity contribution in [3.8, 4) is 5.75 Å². The van der Waals surface area contributed by atoms with Gasteiger partial charge in [-0.05, 0) is 36.8 Å². The van der Waals surface area contributed by atoms with Crippen LogP contribution in [0.15, 0.2) is 42.5 Å². The number of halogens is 3. The van der Waals surface area contributed by atoms with E-state index in [4.69, 9.17) is 22.1 Å². The summed E-state index contributed by atoms with van der Waals surface area (Å²) in [6.07, 6.45) is -0.620. The minimum Gasteiger partial charge on any atom is -0.481 e. The van der Waals surface area contributed by atoms with Crippen molar-refractivity contribution in [3.05, 3.63) is 64.7 Å². The van der Waals surface area contributed by atoms with Crippen molar-refractivity contribution in [3.63, 3.8) is 0 Å². The van der Waals surface area contributed by atoms with E-state index in [0.717, 1.165) is 6.07 Å². The first-order chi connectivity index (χ1) is 9.49. The molecule has 0 heterocycles. The Balaban J connectivity index is 2.33. The van der Waals surface area contributed by atoms with Gasteiger partial charge in [0.1, 0.15) is 6.10 Å². The molecule has 106 valence electrons. The van der Waals surface area contributed by atoms with Crippen LogP contribution in [0.1, 0.15) is 18.6 Å². The second kappa shape index (κ2) is 6.20. The van der Waals surface area contributed by atoms with Gasteiger partial charge in [-0.3, -0.25) is 0 Å². The summed E-state index contributed by atoms with van der Waals surface area (Å²) in [4.78, 5) is 0. The van der Waals surface area contributed by atoms with E-state index in [9.17, 15) is 8.78 Å². The van der Waals surface area contributed by atoms with Gasteiger partial charge in [0.15, 0.2) is 11.6 Å². The van der Waals surface area contributed by atoms with Gasteiger partial charge in [-0.15, -0.1) is 0 Å². The van der Waals surface area contributed by atoms with E-state index in [1.54, 1.807) is 31.2 Å². The molecular weight excluding hydrogens is 284 g/mol. The van der Waals surface area contributed by atoms with Crippen molar-refractivity contribution in [2.45, 2.75) is 19.1 Å². The molecule has 5 heteroatoms. The highest BCUT2D eigenvalue weighted by atomic mass is 35.5. The molecule has 2 N–H and O–H groups in total. The van der Waals surface area contributed by atoms with Crippen LogP contribution in [-0.2, 0) is 0 Å². The summed E-state index contributed by atoms with van der Waals surface area (Å²) >= 11 is 5.92. The molecule has 0 spiro atoms. The molecule has 0 aliphatic rings. The fraction of sp³-hybridized carbons (Fsp3) is 0.200. The van der Waals surface area contributed by atoms with Gasteiger partial charge < -0.3 is 10.5 Å². The molecule has 20 heavy (non-hydrogen) atoms. The van der Waals surface area contributed by atoms with E-state index in [0.29, 0.717) is 10.6 Å². The van der Waals surface area contributed by atoms with Crippen LogP contribution >= 0.6 is 11.6 Å². The molecule has 0 aliphatic carbocycles. The average Bonchev–Trinajstić information content (AvgIpc) is 2.40. The van der Waals surface area contributed by atoms with E-state index in [1.807, 2.05) is 0 Å². The number of hydrogen-bond acceptors (Lipinski definition) is 2. The zero-order valence-corrected chi connectivity index (χ0v) is 11.6. The van der Waals surface area contributed by atoms with Crippen molar-refractivity contribution in [1.29, 1.82) is 0 Å². The summed E-state index contributed by atoms with van der Waals surface area (Å²) < 4.78 is 32.4. The van der Waals surface area contributed by atoms with Gasteiger partial charge in [0.2, 0.25) is 5.82 Å². The Hall–Kier alpha value is -1.65. The van der Waals surface area contributed by atoms with Gasteiger partial charge in [-0.2, -0.15) is 4.39 Å². The quantitative estimate of drug-likeness (QED) is 0.922. The summed E-state index contributed by atoms with van der Waals surface area (Å²) in [5.74, 6) is -2.16. The smallest absolute Gasteiger partial charge is 0.200 e. The van der Waals surface area contributed by atoms with Gasteiger partial charge >= 0.3 is 0 Å². The Labute approximate surface area is 121 Å². The largest absolute Gasteiger partial charge is 0.481 e. The Morgan fingerprint density at radius 1 is 1.15 bits per heavy atom. The molecule has 2 unspecified atom stereocenters. The lowest BCUT2D eigenvalue weighted by atomic mass is 10.0. The maximum Gasteiger partial charge on any atom is 0.200 e. The first-order valence-electron chi connectivity index (χ1n) is 6.10. The van der Waals surface area contributed by atoms with Gasteiger partial charge in [-0.25, -0.2) is 4.39 Å². The summed E-state index contributed by atoms with van der Waals surface area (Å²) in [5.41, 5.74) is 6.58. The Morgan fingerprint density at radius 2 is 1.85 bits per heavy atom. The molecule has 0 radical (unpaired) electrons. The third kappa shape index (κ3) is 3.26. The second-order valence-electron chi connectivity index (χ2n) is 4.50. The number of rotatable bonds is 4. The van der Waals surface area contributed by atoms with Crippen molar-refractivity contribution >= 4 is 11.6 Å². The number of ether oxygens (including phenoxy) is 1. The average molecular weight is 298 g/mol. The van der Waals surface area contributed by atoms with Gasteiger partial charge in [0.25, 0.3) is 0 Å². The van der Waals surface area contributed by atoms with Crippen molar-refractivity contribution < 1.29 is 13.5 Å². The van der Waals surface area contributed by atoms with Crippen LogP contribution in [0.4, 0.5) is 8.78 Å². The topological polar surface area (TPSA) is 35.2 Å². The van der Waals surface area contributed by atoms with E-state index in [1.165, 1.54) is 12.1 Å². The highest BCUT2D eigenvalue weighted by Gasteiger charge is 2.21.